The standard InChI is InChI=1S/C11H14BrNO3/c1-11(2,9(16-3)10(14)15)8-7(12)5-4-6-13-8/h4-6,9H,1-3H3,(H,14,15). The van der Waals surface area contributed by atoms with Crippen molar-refractivity contribution in [2.45, 2.75) is 25.4 Å². The smallest absolute Gasteiger partial charge is 0.333 e. The number of hydrogen-bond acceptors (Lipinski definition) is 3. The maximum atomic E-state index is 11.1. The Balaban J connectivity index is 3.19. The average molecular weight is 288 g/mol. The van der Waals surface area contributed by atoms with Crippen LogP contribution in [0.4, 0.5) is 0 Å². The normalized spacial score (nSPS) is 13.5. The van der Waals surface area contributed by atoms with Crippen LogP contribution in [0, 0.1) is 0 Å². The molecule has 1 aromatic heterocycles. The average Bonchev–Trinajstić information content (AvgIpc) is 2.17. The van der Waals surface area contributed by atoms with E-state index in [-0.39, 0.29) is 0 Å². The van der Waals surface area contributed by atoms with E-state index in [0.29, 0.717) is 5.69 Å². The van der Waals surface area contributed by atoms with Gasteiger partial charge in [0.1, 0.15) is 0 Å². The van der Waals surface area contributed by atoms with Crippen molar-refractivity contribution < 1.29 is 14.6 Å². The molecular formula is C11H14BrNO3. The SMILES string of the molecule is COC(C(=O)O)C(C)(C)c1ncccc1Br. The molecule has 0 amide bonds. The van der Waals surface area contributed by atoms with Crippen LogP contribution in [0.25, 0.3) is 0 Å². The molecule has 1 N–H and O–H groups in total. The Bertz CT molecular complexity index is 393. The molecule has 1 heterocycles. The minimum atomic E-state index is -0.995. The number of carboxylic acid groups (broad SMARTS) is 1. The second kappa shape index (κ2) is 4.93. The monoisotopic (exact) mass is 287 g/mol. The largest absolute Gasteiger partial charge is 0.479 e. The lowest BCUT2D eigenvalue weighted by Gasteiger charge is -2.30. The summed E-state index contributed by atoms with van der Waals surface area (Å²) in [6.45, 7) is 3.59. The van der Waals surface area contributed by atoms with Crippen molar-refractivity contribution in [3.8, 4) is 0 Å². The van der Waals surface area contributed by atoms with Crippen molar-refractivity contribution in [3.63, 3.8) is 0 Å². The highest BCUT2D eigenvalue weighted by Gasteiger charge is 2.39. The summed E-state index contributed by atoms with van der Waals surface area (Å²) < 4.78 is 5.81. The van der Waals surface area contributed by atoms with Crippen molar-refractivity contribution in [2.75, 3.05) is 7.11 Å². The molecule has 0 aliphatic rings. The number of halogens is 1. The molecule has 4 nitrogen and oxygen atoms in total. The minimum Gasteiger partial charge on any atom is -0.479 e. The molecular weight excluding hydrogens is 274 g/mol. The number of aromatic nitrogens is 1. The molecule has 0 bridgehead atoms. The van der Waals surface area contributed by atoms with Gasteiger partial charge < -0.3 is 9.84 Å². The van der Waals surface area contributed by atoms with Crippen LogP contribution in [-0.2, 0) is 14.9 Å². The predicted octanol–water partition coefficient (Wildman–Crippen LogP) is 2.22. The molecule has 5 heteroatoms. The number of pyridine rings is 1. The maximum absolute atomic E-state index is 11.1. The Kier molecular flexibility index (Phi) is 4.04. The lowest BCUT2D eigenvalue weighted by atomic mass is 9.82. The fraction of sp³-hybridized carbons (Fsp3) is 0.455. The summed E-state index contributed by atoms with van der Waals surface area (Å²) in [5.74, 6) is -0.995. The molecule has 1 rings (SSSR count). The summed E-state index contributed by atoms with van der Waals surface area (Å²) in [7, 11) is 1.39. The second-order valence-corrected chi connectivity index (χ2v) is 4.86. The van der Waals surface area contributed by atoms with E-state index in [1.165, 1.54) is 7.11 Å². The van der Waals surface area contributed by atoms with E-state index in [9.17, 15) is 4.79 Å². The van der Waals surface area contributed by atoms with Crippen LogP contribution in [0.15, 0.2) is 22.8 Å². The number of nitrogens with zero attached hydrogens (tertiary/aromatic N) is 1. The second-order valence-electron chi connectivity index (χ2n) is 4.01. The predicted molar refractivity (Wildman–Crippen MR) is 63.4 cm³/mol. The van der Waals surface area contributed by atoms with Crippen LogP contribution in [0.2, 0.25) is 0 Å². The van der Waals surface area contributed by atoms with E-state index in [1.54, 1.807) is 26.1 Å². The van der Waals surface area contributed by atoms with Crippen LogP contribution in [0.1, 0.15) is 19.5 Å². The van der Waals surface area contributed by atoms with Crippen LogP contribution < -0.4 is 0 Å². The van der Waals surface area contributed by atoms with Gasteiger partial charge in [-0.15, -0.1) is 0 Å². The summed E-state index contributed by atoms with van der Waals surface area (Å²) in [5, 5.41) is 9.09. The first-order valence-electron chi connectivity index (χ1n) is 4.78. The van der Waals surface area contributed by atoms with Gasteiger partial charge >= 0.3 is 5.97 Å². The highest BCUT2D eigenvalue weighted by Crippen LogP contribution is 2.32. The number of hydrogen-bond donors (Lipinski definition) is 1. The topological polar surface area (TPSA) is 59.4 Å². The molecule has 0 aromatic carbocycles. The first kappa shape index (κ1) is 13.1. The molecule has 0 spiro atoms. The van der Waals surface area contributed by atoms with Gasteiger partial charge in [-0.25, -0.2) is 4.79 Å². The third kappa shape index (κ3) is 2.41. The summed E-state index contributed by atoms with van der Waals surface area (Å²) >= 11 is 3.37. The van der Waals surface area contributed by atoms with Gasteiger partial charge in [-0.1, -0.05) is 13.8 Å². The highest BCUT2D eigenvalue weighted by atomic mass is 79.9. The third-order valence-corrected chi connectivity index (χ3v) is 3.12. The Morgan fingerprint density at radius 2 is 2.25 bits per heavy atom. The van der Waals surface area contributed by atoms with E-state index in [4.69, 9.17) is 9.84 Å². The summed E-state index contributed by atoms with van der Waals surface area (Å²) in [4.78, 5) is 15.3. The first-order chi connectivity index (χ1) is 7.41. The molecule has 0 aliphatic carbocycles. The minimum absolute atomic E-state index is 0.671. The van der Waals surface area contributed by atoms with Crippen molar-refractivity contribution in [2.24, 2.45) is 0 Å². The zero-order valence-corrected chi connectivity index (χ0v) is 11.0. The fourth-order valence-corrected chi connectivity index (χ4v) is 2.45. The van der Waals surface area contributed by atoms with Crippen molar-refractivity contribution in [3.05, 3.63) is 28.5 Å². The summed E-state index contributed by atoms with van der Waals surface area (Å²) in [6, 6.07) is 3.62. The molecule has 0 aliphatic heterocycles. The van der Waals surface area contributed by atoms with Gasteiger partial charge in [-0.05, 0) is 28.1 Å². The number of carbonyl (C=O) groups is 1. The van der Waals surface area contributed by atoms with Gasteiger partial charge in [0, 0.05) is 23.2 Å². The van der Waals surface area contributed by atoms with E-state index in [1.807, 2.05) is 6.07 Å². The molecule has 1 atom stereocenters. The van der Waals surface area contributed by atoms with Crippen LogP contribution in [0.5, 0.6) is 0 Å². The molecule has 1 unspecified atom stereocenters. The van der Waals surface area contributed by atoms with Gasteiger partial charge in [0.25, 0.3) is 0 Å². The number of ether oxygens (including phenoxy) is 1. The highest BCUT2D eigenvalue weighted by molar-refractivity contribution is 9.10. The molecule has 0 fully saturated rings. The first-order valence-corrected chi connectivity index (χ1v) is 5.57. The molecule has 16 heavy (non-hydrogen) atoms. The summed E-state index contributed by atoms with van der Waals surface area (Å²) in [5.41, 5.74) is -0.0371. The third-order valence-electron chi connectivity index (χ3n) is 2.48. The van der Waals surface area contributed by atoms with Gasteiger partial charge in [-0.3, -0.25) is 4.98 Å². The molecule has 0 saturated carbocycles. The molecule has 88 valence electrons. The van der Waals surface area contributed by atoms with Crippen LogP contribution in [0.3, 0.4) is 0 Å². The summed E-state index contributed by atoms with van der Waals surface area (Å²) in [6.07, 6.45) is 0.704. The van der Waals surface area contributed by atoms with Crippen LogP contribution in [-0.4, -0.2) is 29.3 Å². The van der Waals surface area contributed by atoms with Gasteiger partial charge in [0.2, 0.25) is 0 Å². The van der Waals surface area contributed by atoms with E-state index in [0.717, 1.165) is 4.47 Å². The maximum Gasteiger partial charge on any atom is 0.333 e. The van der Waals surface area contributed by atoms with Crippen LogP contribution >= 0.6 is 15.9 Å². The Morgan fingerprint density at radius 3 is 2.69 bits per heavy atom. The van der Waals surface area contributed by atoms with Crippen molar-refractivity contribution in [1.29, 1.82) is 0 Å². The molecule has 0 saturated heterocycles. The number of rotatable bonds is 4. The quantitative estimate of drug-likeness (QED) is 0.923. The van der Waals surface area contributed by atoms with Gasteiger partial charge in [0.05, 0.1) is 5.69 Å². The Morgan fingerprint density at radius 1 is 1.62 bits per heavy atom. The molecule has 0 radical (unpaired) electrons. The zero-order chi connectivity index (χ0) is 12.3. The Hall–Kier alpha value is -0.940. The molecule has 1 aromatic rings. The zero-order valence-electron chi connectivity index (χ0n) is 9.40. The lowest BCUT2D eigenvalue weighted by Crippen LogP contribution is -2.42. The number of methoxy groups -OCH3 is 1. The number of carboxylic acids is 1. The lowest BCUT2D eigenvalue weighted by molar-refractivity contribution is -0.152. The van der Waals surface area contributed by atoms with E-state index >= 15 is 0 Å². The number of aliphatic carboxylic acids is 1. The van der Waals surface area contributed by atoms with Gasteiger partial charge in [0.15, 0.2) is 6.10 Å². The van der Waals surface area contributed by atoms with E-state index in [2.05, 4.69) is 20.9 Å². The van der Waals surface area contributed by atoms with Crippen molar-refractivity contribution >= 4 is 21.9 Å². The Labute approximate surface area is 103 Å². The van der Waals surface area contributed by atoms with E-state index < -0.39 is 17.5 Å². The van der Waals surface area contributed by atoms with Gasteiger partial charge in [-0.2, -0.15) is 0 Å². The van der Waals surface area contributed by atoms with Crippen molar-refractivity contribution in [1.82, 2.24) is 4.98 Å². The fourth-order valence-electron chi connectivity index (χ4n) is 1.69.